The lowest BCUT2D eigenvalue weighted by atomic mass is 10.1. The van der Waals surface area contributed by atoms with Crippen LogP contribution in [0.1, 0.15) is 30.5 Å². The second-order valence-electron chi connectivity index (χ2n) is 6.13. The number of nitrogens with zero attached hydrogens (tertiary/aromatic N) is 2. The molecule has 1 saturated heterocycles. The van der Waals surface area contributed by atoms with Gasteiger partial charge in [-0.2, -0.15) is 4.31 Å². The maximum absolute atomic E-state index is 12.6. The Hall–Kier alpha value is -1.77. The third-order valence-corrected chi connectivity index (χ3v) is 6.89. The van der Waals surface area contributed by atoms with Crippen LogP contribution in [0.15, 0.2) is 34.5 Å². The zero-order valence-electron chi connectivity index (χ0n) is 14.1. The highest BCUT2D eigenvalue weighted by atomic mass is 32.2. The summed E-state index contributed by atoms with van der Waals surface area (Å²) in [7, 11) is -3.43. The van der Waals surface area contributed by atoms with Crippen LogP contribution in [0, 0.1) is 6.92 Å². The molecule has 1 aliphatic rings. The summed E-state index contributed by atoms with van der Waals surface area (Å²) < 4.78 is 26.8. The van der Waals surface area contributed by atoms with E-state index in [9.17, 15) is 13.2 Å². The molecule has 1 aliphatic heterocycles. The summed E-state index contributed by atoms with van der Waals surface area (Å²) in [6.45, 7) is 3.03. The third-order valence-electron chi connectivity index (χ3n) is 4.11. The zero-order valence-corrected chi connectivity index (χ0v) is 15.7. The Morgan fingerprint density at radius 1 is 1.20 bits per heavy atom. The van der Waals surface area contributed by atoms with Crippen LogP contribution in [0.25, 0.3) is 0 Å². The van der Waals surface area contributed by atoms with Gasteiger partial charge in [-0.15, -0.1) is 11.3 Å². The number of thiazole rings is 1. The molecule has 0 aliphatic carbocycles. The summed E-state index contributed by atoms with van der Waals surface area (Å²) in [6.07, 6.45) is 3.09. The molecule has 2 heterocycles. The van der Waals surface area contributed by atoms with E-state index < -0.39 is 10.0 Å². The number of rotatable bonds is 5. The molecule has 0 unspecified atom stereocenters. The van der Waals surface area contributed by atoms with Crippen molar-refractivity contribution in [2.45, 2.75) is 37.5 Å². The Balaban J connectivity index is 1.64. The lowest BCUT2D eigenvalue weighted by molar-refractivity contribution is -0.115. The van der Waals surface area contributed by atoms with E-state index in [1.165, 1.54) is 11.3 Å². The first kappa shape index (κ1) is 18.0. The molecule has 2 aromatic rings. The van der Waals surface area contributed by atoms with E-state index in [0.29, 0.717) is 18.2 Å². The van der Waals surface area contributed by atoms with Gasteiger partial charge in [0.05, 0.1) is 17.0 Å². The summed E-state index contributed by atoms with van der Waals surface area (Å²) in [4.78, 5) is 16.5. The maximum Gasteiger partial charge on any atom is 0.243 e. The summed E-state index contributed by atoms with van der Waals surface area (Å²) >= 11 is 1.38. The minimum Gasteiger partial charge on any atom is -0.302 e. The van der Waals surface area contributed by atoms with Gasteiger partial charge in [-0.3, -0.25) is 4.79 Å². The fourth-order valence-electron chi connectivity index (χ4n) is 2.79. The van der Waals surface area contributed by atoms with Gasteiger partial charge >= 0.3 is 0 Å². The molecule has 8 heteroatoms. The van der Waals surface area contributed by atoms with E-state index in [-0.39, 0.29) is 17.2 Å². The second kappa shape index (κ2) is 7.63. The minimum atomic E-state index is -3.43. The number of nitrogens with one attached hydrogen (secondary N) is 1. The molecule has 6 nitrogen and oxygen atoms in total. The van der Waals surface area contributed by atoms with Gasteiger partial charge in [-0.1, -0.05) is 18.6 Å². The lowest BCUT2D eigenvalue weighted by Gasteiger charge is -2.25. The number of hydrogen-bond acceptors (Lipinski definition) is 5. The highest BCUT2D eigenvalue weighted by Gasteiger charge is 2.25. The Kier molecular flexibility index (Phi) is 5.51. The van der Waals surface area contributed by atoms with Gasteiger partial charge in [0.15, 0.2) is 5.13 Å². The number of aryl methyl sites for hydroxylation is 1. The zero-order chi connectivity index (χ0) is 17.9. The maximum atomic E-state index is 12.6. The molecule has 3 rings (SSSR count). The SMILES string of the molecule is Cc1csc(NC(=O)Cc2ccc(S(=O)(=O)N3CCCCC3)cc2)n1. The summed E-state index contributed by atoms with van der Waals surface area (Å²) in [5.41, 5.74) is 1.64. The van der Waals surface area contributed by atoms with E-state index in [2.05, 4.69) is 10.3 Å². The first-order valence-electron chi connectivity index (χ1n) is 8.26. The number of hydrogen-bond donors (Lipinski definition) is 1. The van der Waals surface area contributed by atoms with Crippen molar-refractivity contribution in [3.63, 3.8) is 0 Å². The van der Waals surface area contributed by atoms with Crippen LogP contribution in [0.3, 0.4) is 0 Å². The van der Waals surface area contributed by atoms with Crippen molar-refractivity contribution in [2.24, 2.45) is 0 Å². The van der Waals surface area contributed by atoms with Crippen molar-refractivity contribution < 1.29 is 13.2 Å². The normalized spacial score (nSPS) is 15.9. The molecule has 0 spiro atoms. The van der Waals surface area contributed by atoms with Crippen LogP contribution in [-0.4, -0.2) is 36.7 Å². The molecule has 134 valence electrons. The van der Waals surface area contributed by atoms with E-state index >= 15 is 0 Å². The highest BCUT2D eigenvalue weighted by Crippen LogP contribution is 2.21. The van der Waals surface area contributed by atoms with Crippen molar-refractivity contribution >= 4 is 32.4 Å². The Morgan fingerprint density at radius 3 is 2.48 bits per heavy atom. The minimum absolute atomic E-state index is 0.166. The lowest BCUT2D eigenvalue weighted by Crippen LogP contribution is -2.35. The van der Waals surface area contributed by atoms with Crippen molar-refractivity contribution in [1.29, 1.82) is 0 Å². The van der Waals surface area contributed by atoms with Crippen LogP contribution >= 0.6 is 11.3 Å². The summed E-state index contributed by atoms with van der Waals surface area (Å²) in [5, 5.41) is 5.20. The molecule has 1 aromatic carbocycles. The number of amides is 1. The number of carbonyl (C=O) groups excluding carboxylic acids is 1. The second-order valence-corrected chi connectivity index (χ2v) is 8.92. The van der Waals surface area contributed by atoms with E-state index in [1.807, 2.05) is 12.3 Å². The largest absolute Gasteiger partial charge is 0.302 e. The summed E-state index contributed by atoms with van der Waals surface area (Å²) in [6, 6.07) is 6.56. The first-order chi connectivity index (χ1) is 11.9. The van der Waals surface area contributed by atoms with Crippen molar-refractivity contribution in [1.82, 2.24) is 9.29 Å². The van der Waals surface area contributed by atoms with Crippen LogP contribution < -0.4 is 5.32 Å². The smallest absolute Gasteiger partial charge is 0.243 e. The van der Waals surface area contributed by atoms with Gasteiger partial charge in [0.25, 0.3) is 0 Å². The number of carbonyl (C=O) groups is 1. The first-order valence-corrected chi connectivity index (χ1v) is 10.6. The Bertz CT molecular complexity index is 838. The van der Waals surface area contributed by atoms with E-state index in [0.717, 1.165) is 30.5 Å². The van der Waals surface area contributed by atoms with Crippen LogP contribution in [0.5, 0.6) is 0 Å². The predicted octanol–water partition coefficient (Wildman–Crippen LogP) is 2.81. The number of aromatic nitrogens is 1. The molecule has 0 radical (unpaired) electrons. The van der Waals surface area contributed by atoms with Gasteiger partial charge < -0.3 is 5.32 Å². The molecule has 1 amide bonds. The quantitative estimate of drug-likeness (QED) is 0.866. The topological polar surface area (TPSA) is 79.4 Å². The average Bonchev–Trinajstić information content (AvgIpc) is 3.01. The molecule has 0 bridgehead atoms. The van der Waals surface area contributed by atoms with E-state index in [4.69, 9.17) is 0 Å². The fraction of sp³-hybridized carbons (Fsp3) is 0.412. The van der Waals surface area contributed by atoms with Crippen molar-refractivity contribution in [3.8, 4) is 0 Å². The van der Waals surface area contributed by atoms with Gasteiger partial charge in [0.2, 0.25) is 15.9 Å². The molecule has 1 fully saturated rings. The van der Waals surface area contributed by atoms with Gasteiger partial charge in [-0.25, -0.2) is 13.4 Å². The van der Waals surface area contributed by atoms with Crippen molar-refractivity contribution in [3.05, 3.63) is 40.9 Å². The Morgan fingerprint density at radius 2 is 1.88 bits per heavy atom. The Labute approximate surface area is 151 Å². The molecule has 0 saturated carbocycles. The number of anilines is 1. The number of piperidine rings is 1. The summed E-state index contributed by atoms with van der Waals surface area (Å²) in [5.74, 6) is -0.166. The van der Waals surface area contributed by atoms with Crippen LogP contribution in [-0.2, 0) is 21.2 Å². The van der Waals surface area contributed by atoms with Gasteiger partial charge in [0, 0.05) is 18.5 Å². The molecule has 0 atom stereocenters. The predicted molar refractivity (Wildman–Crippen MR) is 98.2 cm³/mol. The monoisotopic (exact) mass is 379 g/mol. The molecular weight excluding hydrogens is 358 g/mol. The highest BCUT2D eigenvalue weighted by molar-refractivity contribution is 7.89. The molecule has 1 N–H and O–H groups in total. The van der Waals surface area contributed by atoms with E-state index in [1.54, 1.807) is 28.6 Å². The average molecular weight is 380 g/mol. The van der Waals surface area contributed by atoms with Gasteiger partial charge in [0.1, 0.15) is 0 Å². The van der Waals surface area contributed by atoms with Crippen LogP contribution in [0.2, 0.25) is 0 Å². The fourth-order valence-corrected chi connectivity index (χ4v) is 5.02. The van der Waals surface area contributed by atoms with Gasteiger partial charge in [-0.05, 0) is 37.5 Å². The molecule has 25 heavy (non-hydrogen) atoms. The third kappa shape index (κ3) is 4.45. The molecule has 1 aromatic heterocycles. The number of benzene rings is 1. The number of sulfonamides is 1. The van der Waals surface area contributed by atoms with Crippen molar-refractivity contribution in [2.75, 3.05) is 18.4 Å². The standard InChI is InChI=1S/C17H21N3O3S2/c1-13-12-24-17(18-13)19-16(21)11-14-5-7-15(8-6-14)25(22,23)20-9-3-2-4-10-20/h5-8,12H,2-4,9-11H2,1H3,(H,18,19,21). The van der Waals surface area contributed by atoms with Crippen LogP contribution in [0.4, 0.5) is 5.13 Å². The molecular formula is C17H21N3O3S2.